The van der Waals surface area contributed by atoms with E-state index in [-0.39, 0.29) is 12.0 Å². The minimum Gasteiger partial charge on any atom is -0.469 e. The van der Waals surface area contributed by atoms with Gasteiger partial charge < -0.3 is 14.8 Å². The predicted octanol–water partition coefficient (Wildman–Crippen LogP) is 0.707. The first kappa shape index (κ1) is 11.5. The number of hydrogen-bond acceptors (Lipinski definition) is 4. The van der Waals surface area contributed by atoms with Gasteiger partial charge in [-0.2, -0.15) is 0 Å². The van der Waals surface area contributed by atoms with Crippen LogP contribution < -0.4 is 5.32 Å². The maximum Gasteiger partial charge on any atom is 0.307 e. The highest BCUT2D eigenvalue weighted by molar-refractivity contribution is 5.69. The average molecular weight is 201 g/mol. The summed E-state index contributed by atoms with van der Waals surface area (Å²) in [6.07, 6.45) is 3.02. The van der Waals surface area contributed by atoms with Crippen LogP contribution in [-0.4, -0.2) is 38.4 Å². The molecule has 1 fully saturated rings. The summed E-state index contributed by atoms with van der Waals surface area (Å²) >= 11 is 0. The fourth-order valence-electron chi connectivity index (χ4n) is 1.54. The molecule has 1 aliphatic rings. The minimum atomic E-state index is -0.169. The van der Waals surface area contributed by atoms with Crippen LogP contribution in [0.1, 0.15) is 26.2 Å². The van der Waals surface area contributed by atoms with E-state index in [1.807, 2.05) is 6.92 Å². The van der Waals surface area contributed by atoms with Crippen LogP contribution in [0.2, 0.25) is 0 Å². The normalized spacial score (nSPS) is 23.4. The highest BCUT2D eigenvalue weighted by atomic mass is 16.5. The number of carbonyl (C=O) groups excluding carboxylic acids is 1. The van der Waals surface area contributed by atoms with Gasteiger partial charge in [-0.3, -0.25) is 4.79 Å². The molecule has 4 nitrogen and oxygen atoms in total. The summed E-state index contributed by atoms with van der Waals surface area (Å²) in [5.74, 6) is -0.169. The van der Waals surface area contributed by atoms with E-state index in [1.54, 1.807) is 0 Å². The highest BCUT2D eigenvalue weighted by Gasteiger charge is 2.16. The van der Waals surface area contributed by atoms with Gasteiger partial charge >= 0.3 is 5.97 Å². The molecule has 0 aromatic carbocycles. The van der Waals surface area contributed by atoms with E-state index in [0.29, 0.717) is 12.5 Å². The maximum atomic E-state index is 10.9. The van der Waals surface area contributed by atoms with Crippen LogP contribution >= 0.6 is 0 Å². The molecule has 0 aromatic heterocycles. The molecule has 0 aliphatic carbocycles. The van der Waals surface area contributed by atoms with Crippen molar-refractivity contribution in [3.05, 3.63) is 0 Å². The van der Waals surface area contributed by atoms with Crippen LogP contribution in [0.5, 0.6) is 0 Å². The molecule has 1 saturated heterocycles. The van der Waals surface area contributed by atoms with E-state index >= 15 is 0 Å². The van der Waals surface area contributed by atoms with Gasteiger partial charge in [-0.1, -0.05) is 0 Å². The Balaban J connectivity index is 2.07. The lowest BCUT2D eigenvalue weighted by molar-refractivity contribution is -0.141. The molecule has 14 heavy (non-hydrogen) atoms. The fourth-order valence-corrected chi connectivity index (χ4v) is 1.54. The number of hydrogen-bond donors (Lipinski definition) is 1. The van der Waals surface area contributed by atoms with Crippen molar-refractivity contribution in [1.82, 2.24) is 5.32 Å². The summed E-state index contributed by atoms with van der Waals surface area (Å²) in [5.41, 5.74) is 0. The standard InChI is InChI=1S/C10H19NO3/c1-8(6-10(12)13-2)11-7-9-4-3-5-14-9/h8-9,11H,3-7H2,1-2H3. The van der Waals surface area contributed by atoms with Crippen molar-refractivity contribution in [1.29, 1.82) is 0 Å². The molecule has 0 radical (unpaired) electrons. The first-order valence-corrected chi connectivity index (χ1v) is 5.14. The Morgan fingerprint density at radius 1 is 1.71 bits per heavy atom. The van der Waals surface area contributed by atoms with E-state index in [9.17, 15) is 4.79 Å². The number of rotatable bonds is 5. The fraction of sp³-hybridized carbons (Fsp3) is 0.900. The molecular formula is C10H19NO3. The summed E-state index contributed by atoms with van der Waals surface area (Å²) in [6.45, 7) is 3.68. The average Bonchev–Trinajstić information content (AvgIpc) is 2.67. The van der Waals surface area contributed by atoms with Crippen molar-refractivity contribution in [2.24, 2.45) is 0 Å². The maximum absolute atomic E-state index is 10.9. The Morgan fingerprint density at radius 2 is 2.50 bits per heavy atom. The van der Waals surface area contributed by atoms with E-state index < -0.39 is 0 Å². The van der Waals surface area contributed by atoms with E-state index in [1.165, 1.54) is 7.11 Å². The molecule has 1 heterocycles. The third-order valence-electron chi connectivity index (χ3n) is 2.42. The minimum absolute atomic E-state index is 0.159. The number of carbonyl (C=O) groups is 1. The third-order valence-corrected chi connectivity index (χ3v) is 2.42. The van der Waals surface area contributed by atoms with E-state index in [0.717, 1.165) is 26.0 Å². The van der Waals surface area contributed by atoms with Crippen molar-refractivity contribution >= 4 is 5.97 Å². The smallest absolute Gasteiger partial charge is 0.307 e. The summed E-state index contributed by atoms with van der Waals surface area (Å²) in [4.78, 5) is 10.9. The van der Waals surface area contributed by atoms with Crippen molar-refractivity contribution in [3.63, 3.8) is 0 Å². The SMILES string of the molecule is COC(=O)CC(C)NCC1CCCO1. The van der Waals surface area contributed by atoms with Gasteiger partial charge in [-0.05, 0) is 19.8 Å². The van der Waals surface area contributed by atoms with Crippen LogP contribution in [0.3, 0.4) is 0 Å². The summed E-state index contributed by atoms with van der Waals surface area (Å²) < 4.78 is 10.0. The second-order valence-electron chi connectivity index (χ2n) is 3.72. The second kappa shape index (κ2) is 5.98. The van der Waals surface area contributed by atoms with E-state index in [4.69, 9.17) is 4.74 Å². The van der Waals surface area contributed by atoms with E-state index in [2.05, 4.69) is 10.1 Å². The van der Waals surface area contributed by atoms with Gasteiger partial charge in [-0.15, -0.1) is 0 Å². The van der Waals surface area contributed by atoms with Gasteiger partial charge in [0.1, 0.15) is 0 Å². The van der Waals surface area contributed by atoms with Crippen molar-refractivity contribution in [2.75, 3.05) is 20.3 Å². The molecule has 0 amide bonds. The van der Waals surface area contributed by atoms with Crippen LogP contribution in [0, 0.1) is 0 Å². The van der Waals surface area contributed by atoms with Gasteiger partial charge in [0.25, 0.3) is 0 Å². The zero-order valence-electron chi connectivity index (χ0n) is 8.91. The first-order valence-electron chi connectivity index (χ1n) is 5.14. The van der Waals surface area contributed by atoms with Crippen LogP contribution in [0.4, 0.5) is 0 Å². The highest BCUT2D eigenvalue weighted by Crippen LogP contribution is 2.10. The van der Waals surface area contributed by atoms with Crippen LogP contribution in [0.15, 0.2) is 0 Å². The predicted molar refractivity (Wildman–Crippen MR) is 53.1 cm³/mol. The van der Waals surface area contributed by atoms with Crippen LogP contribution in [-0.2, 0) is 14.3 Å². The quantitative estimate of drug-likeness (QED) is 0.665. The first-order chi connectivity index (χ1) is 6.72. The summed E-state index contributed by atoms with van der Waals surface area (Å²) in [6, 6.07) is 0.159. The lowest BCUT2D eigenvalue weighted by atomic mass is 10.2. The van der Waals surface area contributed by atoms with Gasteiger partial charge in [0, 0.05) is 19.2 Å². The molecule has 0 bridgehead atoms. The van der Waals surface area contributed by atoms with Crippen molar-refractivity contribution in [2.45, 2.75) is 38.3 Å². The Bertz CT molecular complexity index is 178. The molecular weight excluding hydrogens is 182 g/mol. The molecule has 4 heteroatoms. The van der Waals surface area contributed by atoms with Gasteiger partial charge in [-0.25, -0.2) is 0 Å². The molecule has 0 spiro atoms. The van der Waals surface area contributed by atoms with Crippen molar-refractivity contribution in [3.8, 4) is 0 Å². The molecule has 1 N–H and O–H groups in total. The summed E-state index contributed by atoms with van der Waals surface area (Å²) in [7, 11) is 1.41. The topological polar surface area (TPSA) is 47.6 Å². The Labute approximate surface area is 85.0 Å². The molecule has 0 saturated carbocycles. The molecule has 1 aliphatic heterocycles. The van der Waals surface area contributed by atoms with Crippen LogP contribution in [0.25, 0.3) is 0 Å². The Morgan fingerprint density at radius 3 is 3.07 bits per heavy atom. The molecule has 2 unspecified atom stereocenters. The Kier molecular flexibility index (Phi) is 4.90. The lowest BCUT2D eigenvalue weighted by Crippen LogP contribution is -2.35. The summed E-state index contributed by atoms with van der Waals surface area (Å²) in [5, 5.41) is 3.26. The van der Waals surface area contributed by atoms with Crippen molar-refractivity contribution < 1.29 is 14.3 Å². The second-order valence-corrected chi connectivity index (χ2v) is 3.72. The zero-order valence-corrected chi connectivity index (χ0v) is 8.91. The molecule has 2 atom stereocenters. The molecule has 0 aromatic rings. The molecule has 82 valence electrons. The number of ether oxygens (including phenoxy) is 2. The zero-order chi connectivity index (χ0) is 10.4. The van der Waals surface area contributed by atoms with Gasteiger partial charge in [0.15, 0.2) is 0 Å². The van der Waals surface area contributed by atoms with Gasteiger partial charge in [0.05, 0.1) is 19.6 Å². The number of nitrogens with one attached hydrogen (secondary N) is 1. The number of esters is 1. The van der Waals surface area contributed by atoms with Gasteiger partial charge in [0.2, 0.25) is 0 Å². The monoisotopic (exact) mass is 201 g/mol. The lowest BCUT2D eigenvalue weighted by Gasteiger charge is -2.15. The molecule has 1 rings (SSSR count). The third kappa shape index (κ3) is 4.07. The largest absolute Gasteiger partial charge is 0.469 e. The number of methoxy groups -OCH3 is 1. The Hall–Kier alpha value is -0.610.